The Labute approximate surface area is 161 Å². The molecule has 1 saturated heterocycles. The molecule has 1 aliphatic heterocycles. The van der Waals surface area contributed by atoms with Crippen LogP contribution in [0.5, 0.6) is 0 Å². The summed E-state index contributed by atoms with van der Waals surface area (Å²) in [6.07, 6.45) is 4.90. The van der Waals surface area contributed by atoms with Crippen molar-refractivity contribution >= 4 is 15.9 Å². The van der Waals surface area contributed by atoms with Gasteiger partial charge in [-0.15, -0.1) is 0 Å². The van der Waals surface area contributed by atoms with Gasteiger partial charge in [-0.1, -0.05) is 0 Å². The number of aryl methyl sites for hydroxylation is 1. The molecule has 28 heavy (non-hydrogen) atoms. The van der Waals surface area contributed by atoms with Crippen LogP contribution in [0.25, 0.3) is 11.5 Å². The first-order valence-electron chi connectivity index (χ1n) is 8.82. The number of sulfonamides is 1. The summed E-state index contributed by atoms with van der Waals surface area (Å²) in [5.74, 6) is 0.353. The summed E-state index contributed by atoms with van der Waals surface area (Å²) >= 11 is 0. The molecule has 0 atom stereocenters. The van der Waals surface area contributed by atoms with E-state index in [1.165, 1.54) is 21.4 Å². The Morgan fingerprint density at radius 1 is 1.25 bits per heavy atom. The zero-order valence-electron chi connectivity index (χ0n) is 15.3. The molecule has 3 aromatic heterocycles. The first kappa shape index (κ1) is 18.4. The van der Waals surface area contributed by atoms with Crippen molar-refractivity contribution < 1.29 is 17.6 Å². The number of aromatic nitrogens is 4. The predicted octanol–water partition coefficient (Wildman–Crippen LogP) is 0.940. The standard InChI is InChI=1S/C17H20N6O4S/c1-21-12-13(11-18-21)28(25,26)23-6-3-5-22(7-8-23)17(24)15-10-14(19-20-15)16-4-2-9-27-16/h2,4,9-12H,3,5-8H2,1H3,(H,19,20). The SMILES string of the molecule is Cn1cc(S(=O)(=O)N2CCCN(C(=O)c3cc(-c4ccco4)[nH]n3)CC2)cn1. The van der Waals surface area contributed by atoms with Gasteiger partial charge in [0, 0.05) is 45.5 Å². The molecule has 4 rings (SSSR count). The number of furan rings is 1. The molecule has 0 saturated carbocycles. The summed E-state index contributed by atoms with van der Waals surface area (Å²) in [5.41, 5.74) is 0.888. The van der Waals surface area contributed by atoms with Crippen LogP contribution in [0.15, 0.2) is 46.2 Å². The molecule has 4 heterocycles. The summed E-state index contributed by atoms with van der Waals surface area (Å²) < 4.78 is 33.7. The van der Waals surface area contributed by atoms with Gasteiger partial charge in [-0.2, -0.15) is 14.5 Å². The Morgan fingerprint density at radius 2 is 2.11 bits per heavy atom. The number of H-pyrrole nitrogens is 1. The number of nitrogens with one attached hydrogen (secondary N) is 1. The zero-order chi connectivity index (χ0) is 19.7. The lowest BCUT2D eigenvalue weighted by atomic mass is 10.2. The topological polar surface area (TPSA) is 117 Å². The highest BCUT2D eigenvalue weighted by Crippen LogP contribution is 2.20. The number of amides is 1. The number of hydrogen-bond acceptors (Lipinski definition) is 6. The number of hydrogen-bond donors (Lipinski definition) is 1. The average molecular weight is 404 g/mol. The van der Waals surface area contributed by atoms with E-state index in [4.69, 9.17) is 4.42 Å². The lowest BCUT2D eigenvalue weighted by Crippen LogP contribution is -2.37. The summed E-state index contributed by atoms with van der Waals surface area (Å²) in [6.45, 7) is 1.32. The number of nitrogens with zero attached hydrogens (tertiary/aromatic N) is 5. The van der Waals surface area contributed by atoms with Crippen LogP contribution in [0.3, 0.4) is 0 Å². The third-order valence-electron chi connectivity index (χ3n) is 4.64. The first-order chi connectivity index (χ1) is 13.4. The maximum Gasteiger partial charge on any atom is 0.274 e. The van der Waals surface area contributed by atoms with Crippen molar-refractivity contribution in [3.8, 4) is 11.5 Å². The van der Waals surface area contributed by atoms with E-state index in [-0.39, 0.29) is 23.0 Å². The van der Waals surface area contributed by atoms with Crippen LogP contribution in [0, 0.1) is 0 Å². The molecular formula is C17H20N6O4S. The monoisotopic (exact) mass is 404 g/mol. The highest BCUT2D eigenvalue weighted by molar-refractivity contribution is 7.89. The van der Waals surface area contributed by atoms with Crippen LogP contribution in [0.2, 0.25) is 0 Å². The molecule has 10 nitrogen and oxygen atoms in total. The zero-order valence-corrected chi connectivity index (χ0v) is 16.1. The van der Waals surface area contributed by atoms with Gasteiger partial charge in [0.1, 0.15) is 10.6 Å². The van der Waals surface area contributed by atoms with Crippen LogP contribution in [-0.4, -0.2) is 69.7 Å². The van der Waals surface area contributed by atoms with E-state index in [0.717, 1.165) is 0 Å². The van der Waals surface area contributed by atoms with E-state index >= 15 is 0 Å². The van der Waals surface area contributed by atoms with Gasteiger partial charge in [-0.05, 0) is 18.6 Å². The highest BCUT2D eigenvalue weighted by Gasteiger charge is 2.30. The van der Waals surface area contributed by atoms with E-state index in [1.54, 1.807) is 36.4 Å². The fraction of sp³-hybridized carbons (Fsp3) is 0.353. The molecule has 1 N–H and O–H groups in total. The Balaban J connectivity index is 1.46. The summed E-state index contributed by atoms with van der Waals surface area (Å²) in [5, 5.41) is 10.8. The lowest BCUT2D eigenvalue weighted by molar-refractivity contribution is 0.0758. The minimum Gasteiger partial charge on any atom is -0.463 e. The van der Waals surface area contributed by atoms with Crippen LogP contribution in [0.1, 0.15) is 16.9 Å². The minimum absolute atomic E-state index is 0.158. The molecule has 0 aliphatic carbocycles. The predicted molar refractivity (Wildman–Crippen MR) is 98.8 cm³/mol. The van der Waals surface area contributed by atoms with E-state index < -0.39 is 10.0 Å². The molecule has 0 spiro atoms. The second-order valence-corrected chi connectivity index (χ2v) is 8.48. The Morgan fingerprint density at radius 3 is 2.82 bits per heavy atom. The third kappa shape index (κ3) is 3.45. The molecular weight excluding hydrogens is 384 g/mol. The van der Waals surface area contributed by atoms with Gasteiger partial charge >= 0.3 is 0 Å². The average Bonchev–Trinajstić information content (AvgIpc) is 3.40. The fourth-order valence-electron chi connectivity index (χ4n) is 3.17. The van der Waals surface area contributed by atoms with Crippen LogP contribution in [-0.2, 0) is 17.1 Å². The molecule has 11 heteroatoms. The van der Waals surface area contributed by atoms with E-state index in [9.17, 15) is 13.2 Å². The highest BCUT2D eigenvalue weighted by atomic mass is 32.2. The van der Waals surface area contributed by atoms with Gasteiger partial charge in [0.25, 0.3) is 5.91 Å². The van der Waals surface area contributed by atoms with Crippen LogP contribution >= 0.6 is 0 Å². The van der Waals surface area contributed by atoms with Crippen molar-refractivity contribution in [3.05, 3.63) is 42.5 Å². The summed E-state index contributed by atoms with van der Waals surface area (Å²) in [4.78, 5) is 14.6. The molecule has 148 valence electrons. The lowest BCUT2D eigenvalue weighted by Gasteiger charge is -2.20. The number of rotatable bonds is 4. The molecule has 0 radical (unpaired) electrons. The maximum atomic E-state index is 12.8. The van der Waals surface area contributed by atoms with E-state index in [2.05, 4.69) is 15.3 Å². The third-order valence-corrected chi connectivity index (χ3v) is 6.50. The molecule has 0 unspecified atom stereocenters. The second-order valence-electron chi connectivity index (χ2n) is 6.54. The second kappa shape index (κ2) is 7.24. The van der Waals surface area contributed by atoms with Crippen LogP contribution in [0.4, 0.5) is 0 Å². The number of carbonyl (C=O) groups excluding carboxylic acids is 1. The minimum atomic E-state index is -3.63. The molecule has 3 aromatic rings. The van der Waals surface area contributed by atoms with Crippen molar-refractivity contribution in [1.82, 2.24) is 29.2 Å². The van der Waals surface area contributed by atoms with Crippen LogP contribution < -0.4 is 0 Å². The van der Waals surface area contributed by atoms with E-state index in [1.807, 2.05) is 0 Å². The van der Waals surface area contributed by atoms with Gasteiger partial charge < -0.3 is 9.32 Å². The molecule has 1 fully saturated rings. The first-order valence-corrected chi connectivity index (χ1v) is 10.3. The van der Waals surface area contributed by atoms with Crippen molar-refractivity contribution in [2.45, 2.75) is 11.3 Å². The molecule has 0 bridgehead atoms. The Kier molecular flexibility index (Phi) is 4.77. The van der Waals surface area contributed by atoms with Gasteiger partial charge in [0.05, 0.1) is 12.5 Å². The van der Waals surface area contributed by atoms with Crippen molar-refractivity contribution in [2.24, 2.45) is 7.05 Å². The van der Waals surface area contributed by atoms with Crippen molar-refractivity contribution in [2.75, 3.05) is 26.2 Å². The summed E-state index contributed by atoms with van der Waals surface area (Å²) in [7, 11) is -1.96. The molecule has 0 aromatic carbocycles. The quantitative estimate of drug-likeness (QED) is 0.692. The van der Waals surface area contributed by atoms with Gasteiger partial charge in [-0.3, -0.25) is 14.6 Å². The summed E-state index contributed by atoms with van der Waals surface area (Å²) in [6, 6.07) is 5.16. The maximum absolute atomic E-state index is 12.8. The fourth-order valence-corrected chi connectivity index (χ4v) is 4.63. The van der Waals surface area contributed by atoms with Gasteiger partial charge in [0.15, 0.2) is 11.5 Å². The van der Waals surface area contributed by atoms with E-state index in [0.29, 0.717) is 37.5 Å². The normalized spacial score (nSPS) is 16.2. The van der Waals surface area contributed by atoms with Crippen molar-refractivity contribution in [3.63, 3.8) is 0 Å². The Bertz CT molecular complexity index is 1070. The number of aromatic amines is 1. The van der Waals surface area contributed by atoms with Crippen molar-refractivity contribution in [1.29, 1.82) is 0 Å². The molecule has 1 amide bonds. The largest absolute Gasteiger partial charge is 0.463 e. The number of carbonyl (C=O) groups is 1. The Hall–Kier alpha value is -2.92. The smallest absolute Gasteiger partial charge is 0.274 e. The van der Waals surface area contributed by atoms with Gasteiger partial charge in [-0.25, -0.2) is 8.42 Å². The van der Waals surface area contributed by atoms with Gasteiger partial charge in [0.2, 0.25) is 10.0 Å². The molecule has 1 aliphatic rings.